The van der Waals surface area contributed by atoms with Crippen LogP contribution in [0.2, 0.25) is 5.02 Å². The van der Waals surface area contributed by atoms with Crippen LogP contribution in [0.25, 0.3) is 0 Å². The standard InChI is InChI=1S/C32H40ClN3O5S/c1-6-8-18-34-32(38)29(7-2)35(21-25-10-9-11-27(20-25)41-5)31(37)22-36(30-17-14-26(33)19-24(30)4)42(39,40)28-15-12-23(3)13-16-28/h9-17,19-20,29H,6-8,18,21-22H2,1-5H3,(H,34,38)/t29-/m1/s1. The Hall–Kier alpha value is -3.56. The molecule has 0 heterocycles. The first-order valence-electron chi connectivity index (χ1n) is 14.1. The molecule has 0 saturated carbocycles. The molecule has 0 fully saturated rings. The van der Waals surface area contributed by atoms with Gasteiger partial charge in [-0.15, -0.1) is 0 Å². The number of amides is 2. The fourth-order valence-corrected chi connectivity index (χ4v) is 6.35. The number of aryl methyl sites for hydroxylation is 2. The van der Waals surface area contributed by atoms with Gasteiger partial charge in [-0.1, -0.05) is 61.7 Å². The predicted molar refractivity (Wildman–Crippen MR) is 167 cm³/mol. The Labute approximate surface area is 254 Å². The van der Waals surface area contributed by atoms with Crippen LogP contribution in [-0.2, 0) is 26.2 Å². The number of methoxy groups -OCH3 is 1. The number of carbonyl (C=O) groups is 2. The summed E-state index contributed by atoms with van der Waals surface area (Å²) in [5, 5.41) is 3.38. The molecule has 0 aliphatic carbocycles. The second-order valence-electron chi connectivity index (χ2n) is 10.2. The van der Waals surface area contributed by atoms with Gasteiger partial charge in [0.1, 0.15) is 18.3 Å². The number of nitrogens with one attached hydrogen (secondary N) is 1. The first-order chi connectivity index (χ1) is 20.0. The summed E-state index contributed by atoms with van der Waals surface area (Å²) in [6.07, 6.45) is 2.07. The lowest BCUT2D eigenvalue weighted by Crippen LogP contribution is -2.52. The van der Waals surface area contributed by atoms with Gasteiger partial charge in [0.2, 0.25) is 11.8 Å². The highest BCUT2D eigenvalue weighted by Gasteiger charge is 2.34. The normalized spacial score (nSPS) is 12.0. The molecule has 0 saturated heterocycles. The number of anilines is 1. The van der Waals surface area contributed by atoms with Crippen molar-refractivity contribution >= 4 is 39.1 Å². The van der Waals surface area contributed by atoms with Gasteiger partial charge in [0, 0.05) is 18.1 Å². The Bertz CT molecular complexity index is 1480. The minimum Gasteiger partial charge on any atom is -0.497 e. The third-order valence-electron chi connectivity index (χ3n) is 7.02. The van der Waals surface area contributed by atoms with Crippen molar-refractivity contribution in [2.75, 3.05) is 24.5 Å². The SMILES string of the molecule is CCCCNC(=O)[C@@H](CC)N(Cc1cccc(OC)c1)C(=O)CN(c1ccc(Cl)cc1C)S(=O)(=O)c1ccc(C)cc1. The first-order valence-corrected chi connectivity index (χ1v) is 15.9. The van der Waals surface area contributed by atoms with Crippen LogP contribution in [0.15, 0.2) is 71.6 Å². The monoisotopic (exact) mass is 613 g/mol. The largest absolute Gasteiger partial charge is 0.497 e. The molecule has 1 N–H and O–H groups in total. The Morgan fingerprint density at radius 3 is 2.33 bits per heavy atom. The molecule has 0 aromatic heterocycles. The topological polar surface area (TPSA) is 96.0 Å². The van der Waals surface area contributed by atoms with E-state index in [4.69, 9.17) is 16.3 Å². The second kappa shape index (κ2) is 15.1. The van der Waals surface area contributed by atoms with E-state index < -0.39 is 28.5 Å². The number of rotatable bonds is 14. The molecule has 0 bridgehead atoms. The molecule has 10 heteroatoms. The van der Waals surface area contributed by atoms with Crippen LogP contribution in [0.3, 0.4) is 0 Å². The highest BCUT2D eigenvalue weighted by molar-refractivity contribution is 7.92. The summed E-state index contributed by atoms with van der Waals surface area (Å²) in [6, 6.07) is 17.8. The van der Waals surface area contributed by atoms with Gasteiger partial charge in [-0.25, -0.2) is 8.42 Å². The Morgan fingerprint density at radius 1 is 1.00 bits per heavy atom. The van der Waals surface area contributed by atoms with Crippen molar-refractivity contribution < 1.29 is 22.7 Å². The van der Waals surface area contributed by atoms with E-state index in [1.165, 1.54) is 17.0 Å². The van der Waals surface area contributed by atoms with Crippen molar-refractivity contribution in [2.45, 2.75) is 64.4 Å². The van der Waals surface area contributed by atoms with Crippen molar-refractivity contribution in [1.82, 2.24) is 10.2 Å². The van der Waals surface area contributed by atoms with Gasteiger partial charge in [0.05, 0.1) is 17.7 Å². The third kappa shape index (κ3) is 8.26. The molecule has 0 spiro atoms. The maximum absolute atomic E-state index is 14.2. The zero-order valence-corrected chi connectivity index (χ0v) is 26.5. The van der Waals surface area contributed by atoms with E-state index in [9.17, 15) is 18.0 Å². The zero-order valence-electron chi connectivity index (χ0n) is 24.9. The molecule has 0 radical (unpaired) electrons. The van der Waals surface area contributed by atoms with Crippen molar-refractivity contribution in [3.63, 3.8) is 0 Å². The van der Waals surface area contributed by atoms with Crippen LogP contribution < -0.4 is 14.4 Å². The van der Waals surface area contributed by atoms with Gasteiger partial charge >= 0.3 is 0 Å². The predicted octanol–water partition coefficient (Wildman–Crippen LogP) is 5.88. The molecule has 3 rings (SSSR count). The summed E-state index contributed by atoms with van der Waals surface area (Å²) >= 11 is 6.19. The van der Waals surface area contributed by atoms with Gasteiger partial charge in [-0.3, -0.25) is 13.9 Å². The Kier molecular flexibility index (Phi) is 11.8. The average molecular weight is 614 g/mol. The van der Waals surface area contributed by atoms with Crippen molar-refractivity contribution in [1.29, 1.82) is 0 Å². The summed E-state index contributed by atoms with van der Waals surface area (Å²) < 4.78 is 34.6. The van der Waals surface area contributed by atoms with E-state index in [-0.39, 0.29) is 17.3 Å². The fourth-order valence-electron chi connectivity index (χ4n) is 4.64. The van der Waals surface area contributed by atoms with Crippen LogP contribution in [-0.4, -0.2) is 51.4 Å². The number of benzene rings is 3. The number of ether oxygens (including phenoxy) is 1. The van der Waals surface area contributed by atoms with E-state index in [0.29, 0.717) is 35.0 Å². The van der Waals surface area contributed by atoms with Crippen LogP contribution >= 0.6 is 11.6 Å². The molecule has 42 heavy (non-hydrogen) atoms. The summed E-state index contributed by atoms with van der Waals surface area (Å²) in [5.74, 6) is -0.182. The molecule has 3 aromatic rings. The quantitative estimate of drug-likeness (QED) is 0.229. The summed E-state index contributed by atoms with van der Waals surface area (Å²) in [4.78, 5) is 29.1. The average Bonchev–Trinajstić information content (AvgIpc) is 2.96. The van der Waals surface area contributed by atoms with Gasteiger partial charge < -0.3 is 15.0 Å². The lowest BCUT2D eigenvalue weighted by Gasteiger charge is -2.33. The summed E-state index contributed by atoms with van der Waals surface area (Å²) in [7, 11) is -2.61. The minimum absolute atomic E-state index is 0.0546. The second-order valence-corrected chi connectivity index (χ2v) is 12.5. The zero-order chi connectivity index (χ0) is 30.9. The number of halogens is 1. The molecule has 0 unspecified atom stereocenters. The van der Waals surface area contributed by atoms with Gasteiger partial charge in [0.15, 0.2) is 0 Å². The van der Waals surface area contributed by atoms with E-state index in [2.05, 4.69) is 5.32 Å². The lowest BCUT2D eigenvalue weighted by molar-refractivity contribution is -0.140. The first kappa shape index (κ1) is 32.9. The number of nitrogens with zero attached hydrogens (tertiary/aromatic N) is 2. The van der Waals surface area contributed by atoms with E-state index >= 15 is 0 Å². The van der Waals surface area contributed by atoms with Crippen LogP contribution in [0.4, 0.5) is 5.69 Å². The van der Waals surface area contributed by atoms with Gasteiger partial charge in [-0.05, 0) is 80.3 Å². The maximum atomic E-state index is 14.2. The van der Waals surface area contributed by atoms with Crippen LogP contribution in [0.1, 0.15) is 49.8 Å². The van der Waals surface area contributed by atoms with Crippen LogP contribution in [0.5, 0.6) is 5.75 Å². The fraction of sp³-hybridized carbons (Fsp3) is 0.375. The number of hydrogen-bond donors (Lipinski definition) is 1. The molecule has 226 valence electrons. The van der Waals surface area contributed by atoms with Crippen LogP contribution in [0, 0.1) is 13.8 Å². The summed E-state index contributed by atoms with van der Waals surface area (Å²) in [5.41, 5.74) is 2.58. The smallest absolute Gasteiger partial charge is 0.264 e. The highest BCUT2D eigenvalue weighted by atomic mass is 35.5. The summed E-state index contributed by atoms with van der Waals surface area (Å²) in [6.45, 7) is 7.55. The number of hydrogen-bond acceptors (Lipinski definition) is 5. The third-order valence-corrected chi connectivity index (χ3v) is 9.03. The molecule has 1 atom stereocenters. The molecule has 0 aliphatic heterocycles. The Morgan fingerprint density at radius 2 is 1.71 bits per heavy atom. The minimum atomic E-state index is -4.17. The highest BCUT2D eigenvalue weighted by Crippen LogP contribution is 2.30. The van der Waals surface area contributed by atoms with E-state index in [1.807, 2.05) is 32.9 Å². The maximum Gasteiger partial charge on any atom is 0.264 e. The van der Waals surface area contributed by atoms with Crippen molar-refractivity contribution in [2.24, 2.45) is 0 Å². The van der Waals surface area contributed by atoms with Gasteiger partial charge in [0.25, 0.3) is 10.0 Å². The number of sulfonamides is 1. The molecular formula is C32H40ClN3O5S. The molecule has 8 nitrogen and oxygen atoms in total. The molecule has 0 aliphatic rings. The number of unbranched alkanes of at least 4 members (excludes halogenated alkanes) is 1. The lowest BCUT2D eigenvalue weighted by atomic mass is 10.1. The number of carbonyl (C=O) groups excluding carboxylic acids is 2. The van der Waals surface area contributed by atoms with Gasteiger partial charge in [-0.2, -0.15) is 0 Å². The Balaban J connectivity index is 2.08. The molecule has 2 amide bonds. The van der Waals surface area contributed by atoms with E-state index in [1.54, 1.807) is 56.5 Å². The van der Waals surface area contributed by atoms with Crippen molar-refractivity contribution in [3.8, 4) is 5.75 Å². The van der Waals surface area contributed by atoms with E-state index in [0.717, 1.165) is 28.3 Å². The van der Waals surface area contributed by atoms with Crippen molar-refractivity contribution in [3.05, 3.63) is 88.4 Å². The molecular weight excluding hydrogens is 574 g/mol. The molecule has 3 aromatic carbocycles.